The summed E-state index contributed by atoms with van der Waals surface area (Å²) in [5, 5.41) is 0. The monoisotopic (exact) mass is 191 g/mol. The van der Waals surface area contributed by atoms with Gasteiger partial charge in [0.25, 0.3) is 0 Å². The van der Waals surface area contributed by atoms with Crippen molar-refractivity contribution in [1.82, 2.24) is 0 Å². The maximum atomic E-state index is 10.7. The molecule has 0 aromatic carbocycles. The van der Waals surface area contributed by atoms with E-state index in [0.29, 0.717) is 0 Å². The summed E-state index contributed by atoms with van der Waals surface area (Å²) in [6.07, 6.45) is 4.36. The summed E-state index contributed by atoms with van der Waals surface area (Å²) in [7, 11) is -3.30. The standard InChI is InChI=1S/C8H17NO2S/c1-3-5-6-8(4-2)7-12(9,10)11/h3,8H,1,4-7H2,2H3,(H2,9,10,11). The third kappa shape index (κ3) is 6.37. The Hall–Kier alpha value is -0.350. The van der Waals surface area contributed by atoms with Crippen molar-refractivity contribution in [1.29, 1.82) is 4.78 Å². The molecule has 0 spiro atoms. The highest BCUT2D eigenvalue weighted by Crippen LogP contribution is 2.13. The summed E-state index contributed by atoms with van der Waals surface area (Å²) < 4.78 is 26.4. The highest BCUT2D eigenvalue weighted by Gasteiger charge is 2.11. The van der Waals surface area contributed by atoms with Gasteiger partial charge in [0, 0.05) is 0 Å². The minimum absolute atomic E-state index is 0.0946. The van der Waals surface area contributed by atoms with Crippen LogP contribution in [0.2, 0.25) is 0 Å². The first kappa shape index (κ1) is 11.6. The molecule has 0 aliphatic carbocycles. The molecule has 3 nitrogen and oxygen atoms in total. The molecule has 0 saturated carbocycles. The lowest BCUT2D eigenvalue weighted by Crippen LogP contribution is -2.13. The Kier molecular flexibility index (Phi) is 5.17. The molecule has 2 N–H and O–H groups in total. The van der Waals surface area contributed by atoms with E-state index in [1.807, 2.05) is 6.92 Å². The van der Waals surface area contributed by atoms with Crippen LogP contribution < -0.4 is 0 Å². The summed E-state index contributed by atoms with van der Waals surface area (Å²) >= 11 is 0. The molecule has 2 unspecified atom stereocenters. The lowest BCUT2D eigenvalue weighted by molar-refractivity contribution is 0.488. The van der Waals surface area contributed by atoms with E-state index in [4.69, 9.17) is 9.33 Å². The third-order valence-corrected chi connectivity index (χ3v) is 2.74. The number of hydrogen-bond donors (Lipinski definition) is 2. The molecular formula is C8H17NO2S. The number of hydrogen-bond acceptors (Lipinski definition) is 2. The van der Waals surface area contributed by atoms with Crippen LogP contribution >= 0.6 is 0 Å². The largest absolute Gasteiger partial charge is 0.300 e. The summed E-state index contributed by atoms with van der Waals surface area (Å²) in [5.41, 5.74) is 0. The van der Waals surface area contributed by atoms with E-state index in [0.717, 1.165) is 19.3 Å². The second kappa shape index (κ2) is 5.32. The van der Waals surface area contributed by atoms with E-state index in [1.165, 1.54) is 0 Å². The second-order valence-electron chi connectivity index (χ2n) is 2.95. The van der Waals surface area contributed by atoms with Crippen LogP contribution in [0.4, 0.5) is 0 Å². The molecule has 4 heteroatoms. The van der Waals surface area contributed by atoms with Crippen molar-refractivity contribution in [2.75, 3.05) is 5.75 Å². The Bertz CT molecular complexity index is 221. The number of nitrogens with one attached hydrogen (secondary N) is 1. The van der Waals surface area contributed by atoms with E-state index in [9.17, 15) is 4.21 Å². The molecule has 0 aliphatic heterocycles. The van der Waals surface area contributed by atoms with Crippen LogP contribution in [-0.4, -0.2) is 14.5 Å². The molecule has 0 radical (unpaired) electrons. The van der Waals surface area contributed by atoms with E-state index >= 15 is 0 Å². The van der Waals surface area contributed by atoms with Gasteiger partial charge in [0.05, 0.1) is 5.75 Å². The predicted molar refractivity (Wildman–Crippen MR) is 51.6 cm³/mol. The second-order valence-corrected chi connectivity index (χ2v) is 4.56. The molecule has 0 fully saturated rings. The number of rotatable bonds is 6. The first-order chi connectivity index (χ1) is 5.49. The molecule has 0 rings (SSSR count). The summed E-state index contributed by atoms with van der Waals surface area (Å²) in [5.74, 6) is 0.273. The fourth-order valence-corrected chi connectivity index (χ4v) is 2.12. The van der Waals surface area contributed by atoms with Crippen LogP contribution in [0.15, 0.2) is 12.7 Å². The average Bonchev–Trinajstić information content (AvgIpc) is 1.95. The fraction of sp³-hybridized carbons (Fsp3) is 0.750. The first-order valence-electron chi connectivity index (χ1n) is 4.09. The normalized spacial score (nSPS) is 18.2. The quantitative estimate of drug-likeness (QED) is 0.634. The molecule has 0 heterocycles. The van der Waals surface area contributed by atoms with Crippen molar-refractivity contribution in [2.24, 2.45) is 5.92 Å². The zero-order valence-corrected chi connectivity index (χ0v) is 8.27. The minimum atomic E-state index is -3.30. The Labute approximate surface area is 74.7 Å². The van der Waals surface area contributed by atoms with Crippen LogP contribution in [0.3, 0.4) is 0 Å². The van der Waals surface area contributed by atoms with Crippen LogP contribution in [0.25, 0.3) is 0 Å². The molecule has 0 saturated heterocycles. The van der Waals surface area contributed by atoms with Crippen molar-refractivity contribution in [3.8, 4) is 0 Å². The molecular weight excluding hydrogens is 174 g/mol. The van der Waals surface area contributed by atoms with Crippen LogP contribution in [0.1, 0.15) is 26.2 Å². The molecule has 0 aromatic rings. The lowest BCUT2D eigenvalue weighted by atomic mass is 10.0. The third-order valence-electron chi connectivity index (χ3n) is 1.82. The van der Waals surface area contributed by atoms with Crippen LogP contribution in [0, 0.1) is 10.7 Å². The van der Waals surface area contributed by atoms with Gasteiger partial charge in [0.1, 0.15) is 0 Å². The lowest BCUT2D eigenvalue weighted by Gasteiger charge is -2.12. The molecule has 2 atom stereocenters. The zero-order valence-electron chi connectivity index (χ0n) is 7.45. The molecule has 0 aliphatic rings. The average molecular weight is 191 g/mol. The van der Waals surface area contributed by atoms with Gasteiger partial charge in [-0.3, -0.25) is 0 Å². The van der Waals surface area contributed by atoms with Gasteiger partial charge in [-0.05, 0) is 18.8 Å². The van der Waals surface area contributed by atoms with Gasteiger partial charge in [-0.25, -0.2) is 8.99 Å². The van der Waals surface area contributed by atoms with Crippen molar-refractivity contribution in [3.05, 3.63) is 12.7 Å². The molecule has 0 bridgehead atoms. The summed E-state index contributed by atoms with van der Waals surface area (Å²) in [6.45, 7) is 5.55. The Balaban J connectivity index is 3.91. The van der Waals surface area contributed by atoms with Gasteiger partial charge >= 0.3 is 0 Å². The van der Waals surface area contributed by atoms with E-state index < -0.39 is 10.0 Å². The Morgan fingerprint density at radius 2 is 2.33 bits per heavy atom. The van der Waals surface area contributed by atoms with Gasteiger partial charge in [-0.1, -0.05) is 19.4 Å². The van der Waals surface area contributed by atoms with Crippen LogP contribution in [0.5, 0.6) is 0 Å². The Morgan fingerprint density at radius 3 is 2.67 bits per heavy atom. The van der Waals surface area contributed by atoms with E-state index in [-0.39, 0.29) is 11.7 Å². The summed E-state index contributed by atoms with van der Waals surface area (Å²) in [6, 6.07) is 0. The van der Waals surface area contributed by atoms with Crippen molar-refractivity contribution in [2.45, 2.75) is 26.2 Å². The Morgan fingerprint density at radius 1 is 1.75 bits per heavy atom. The maximum absolute atomic E-state index is 10.7. The molecule has 72 valence electrons. The SMILES string of the molecule is C=CCCC(CC)CS(=N)(=O)O. The van der Waals surface area contributed by atoms with E-state index in [1.54, 1.807) is 6.08 Å². The van der Waals surface area contributed by atoms with Crippen LogP contribution in [-0.2, 0) is 10.0 Å². The molecule has 12 heavy (non-hydrogen) atoms. The predicted octanol–water partition coefficient (Wildman–Crippen LogP) is 2.50. The van der Waals surface area contributed by atoms with Gasteiger partial charge < -0.3 is 4.55 Å². The molecule has 0 amide bonds. The van der Waals surface area contributed by atoms with Gasteiger partial charge in [0.2, 0.25) is 0 Å². The van der Waals surface area contributed by atoms with Gasteiger partial charge in [0.15, 0.2) is 10.0 Å². The topological polar surface area (TPSA) is 61.2 Å². The molecule has 0 aromatic heterocycles. The highest BCUT2D eigenvalue weighted by atomic mass is 32.2. The minimum Gasteiger partial charge on any atom is -0.300 e. The van der Waals surface area contributed by atoms with Crippen molar-refractivity contribution >= 4 is 10.0 Å². The first-order valence-corrected chi connectivity index (χ1v) is 5.77. The van der Waals surface area contributed by atoms with Gasteiger partial charge in [-0.15, -0.1) is 6.58 Å². The van der Waals surface area contributed by atoms with E-state index in [2.05, 4.69) is 6.58 Å². The summed E-state index contributed by atoms with van der Waals surface area (Å²) in [4.78, 5) is 0. The zero-order chi connectivity index (χ0) is 9.61. The highest BCUT2D eigenvalue weighted by molar-refractivity contribution is 7.86. The maximum Gasteiger partial charge on any atom is 0.158 e. The number of allylic oxidation sites excluding steroid dienone is 1. The smallest absolute Gasteiger partial charge is 0.158 e. The fourth-order valence-electron chi connectivity index (χ4n) is 1.08. The van der Waals surface area contributed by atoms with Crippen molar-refractivity contribution < 1.29 is 8.76 Å². The van der Waals surface area contributed by atoms with Gasteiger partial charge in [-0.2, -0.15) is 0 Å². The van der Waals surface area contributed by atoms with Crippen molar-refractivity contribution in [3.63, 3.8) is 0 Å².